The number of rotatable bonds is 6. The molecule has 1 heterocycles. The van der Waals surface area contributed by atoms with Crippen LogP contribution in [0.15, 0.2) is 35.2 Å². The van der Waals surface area contributed by atoms with Gasteiger partial charge >= 0.3 is 0 Å². The van der Waals surface area contributed by atoms with Crippen LogP contribution in [0.4, 0.5) is 11.5 Å². The van der Waals surface area contributed by atoms with Gasteiger partial charge < -0.3 is 10.1 Å². The third kappa shape index (κ3) is 4.64. The number of nitrogens with one attached hydrogen (secondary N) is 1. The molecule has 0 bridgehead atoms. The second-order valence-electron chi connectivity index (χ2n) is 5.25. The minimum absolute atomic E-state index is 0.0580. The van der Waals surface area contributed by atoms with Gasteiger partial charge in [-0.25, -0.2) is 13.6 Å². The van der Waals surface area contributed by atoms with E-state index >= 15 is 0 Å². The Hall–Kier alpha value is -2.19. The Bertz CT molecular complexity index is 776. The van der Waals surface area contributed by atoms with Crippen molar-refractivity contribution in [3.63, 3.8) is 0 Å². The second kappa shape index (κ2) is 6.93. The predicted octanol–water partition coefficient (Wildman–Crippen LogP) is 2.35. The van der Waals surface area contributed by atoms with Gasteiger partial charge in [-0.15, -0.1) is 10.2 Å². The number of aryl methyl sites for hydroxylation is 1. The first-order valence-corrected chi connectivity index (χ1v) is 8.75. The van der Waals surface area contributed by atoms with Gasteiger partial charge in [-0.1, -0.05) is 6.92 Å². The number of benzene rings is 1. The summed E-state index contributed by atoms with van der Waals surface area (Å²) >= 11 is 0. The molecule has 1 aromatic heterocycles. The zero-order chi connectivity index (χ0) is 17.0. The first kappa shape index (κ1) is 17.2. The van der Waals surface area contributed by atoms with Crippen LogP contribution in [0.1, 0.15) is 25.8 Å². The number of hydrogen-bond acceptors (Lipinski definition) is 6. The molecule has 8 heteroatoms. The maximum absolute atomic E-state index is 11.2. The molecular formula is C15H20N4O3S. The number of primary sulfonamides is 1. The Kier molecular flexibility index (Phi) is 5.17. The van der Waals surface area contributed by atoms with Crippen LogP contribution in [0.5, 0.6) is 5.88 Å². The zero-order valence-corrected chi connectivity index (χ0v) is 14.1. The lowest BCUT2D eigenvalue weighted by Gasteiger charge is -2.13. The molecular weight excluding hydrogens is 316 g/mol. The van der Waals surface area contributed by atoms with Crippen molar-refractivity contribution in [1.29, 1.82) is 0 Å². The lowest BCUT2D eigenvalue weighted by Crippen LogP contribution is -2.12. The van der Waals surface area contributed by atoms with Crippen molar-refractivity contribution in [2.24, 2.45) is 5.14 Å². The van der Waals surface area contributed by atoms with E-state index < -0.39 is 10.0 Å². The summed E-state index contributed by atoms with van der Waals surface area (Å²) in [5, 5.41) is 16.2. The van der Waals surface area contributed by atoms with E-state index in [1.54, 1.807) is 12.1 Å². The number of anilines is 2. The minimum Gasteiger partial charge on any atom is -0.473 e. The van der Waals surface area contributed by atoms with Crippen molar-refractivity contribution in [2.75, 3.05) is 5.32 Å². The Morgan fingerprint density at radius 1 is 1.26 bits per heavy atom. The minimum atomic E-state index is -3.69. The van der Waals surface area contributed by atoms with Crippen LogP contribution < -0.4 is 15.2 Å². The molecule has 23 heavy (non-hydrogen) atoms. The topological polar surface area (TPSA) is 107 Å². The molecule has 1 unspecified atom stereocenters. The molecule has 0 aliphatic heterocycles. The standard InChI is InChI=1S/C15H20N4O3S/c1-4-11(3)22-15-10(2)9-14(18-19-15)17-12-5-7-13(8-6-12)23(16,20)21/h5-9,11H,4H2,1-3H3,(H,17,18)(H2,16,20,21). The van der Waals surface area contributed by atoms with E-state index in [2.05, 4.69) is 15.5 Å². The first-order chi connectivity index (χ1) is 10.8. The maximum atomic E-state index is 11.2. The van der Waals surface area contributed by atoms with Crippen LogP contribution in [0, 0.1) is 6.92 Å². The Morgan fingerprint density at radius 3 is 2.43 bits per heavy atom. The molecule has 0 amide bonds. The molecule has 7 nitrogen and oxygen atoms in total. The lowest BCUT2D eigenvalue weighted by molar-refractivity contribution is 0.205. The van der Waals surface area contributed by atoms with E-state index in [0.29, 0.717) is 17.4 Å². The summed E-state index contributed by atoms with van der Waals surface area (Å²) < 4.78 is 28.1. The van der Waals surface area contributed by atoms with Crippen molar-refractivity contribution in [1.82, 2.24) is 10.2 Å². The Labute approximate surface area is 135 Å². The highest BCUT2D eigenvalue weighted by Crippen LogP contribution is 2.21. The van der Waals surface area contributed by atoms with Crippen LogP contribution in [0.2, 0.25) is 0 Å². The van der Waals surface area contributed by atoms with E-state index in [9.17, 15) is 8.42 Å². The van der Waals surface area contributed by atoms with Gasteiger partial charge in [0.05, 0.1) is 11.0 Å². The molecule has 2 rings (SSSR count). The van der Waals surface area contributed by atoms with Crippen molar-refractivity contribution in [3.05, 3.63) is 35.9 Å². The highest BCUT2D eigenvalue weighted by Gasteiger charge is 2.09. The van der Waals surface area contributed by atoms with Crippen molar-refractivity contribution in [3.8, 4) is 5.88 Å². The van der Waals surface area contributed by atoms with Gasteiger partial charge in [-0.05, 0) is 50.6 Å². The molecule has 0 aliphatic carbocycles. The van der Waals surface area contributed by atoms with Gasteiger partial charge in [-0.2, -0.15) is 0 Å². The third-order valence-electron chi connectivity index (χ3n) is 3.28. The average Bonchev–Trinajstić information content (AvgIpc) is 2.49. The first-order valence-electron chi connectivity index (χ1n) is 7.20. The van der Waals surface area contributed by atoms with Crippen LogP contribution in [-0.4, -0.2) is 24.7 Å². The van der Waals surface area contributed by atoms with Crippen LogP contribution >= 0.6 is 0 Å². The monoisotopic (exact) mass is 336 g/mol. The Morgan fingerprint density at radius 2 is 1.91 bits per heavy atom. The normalized spacial score (nSPS) is 12.7. The molecule has 0 radical (unpaired) electrons. The fourth-order valence-corrected chi connectivity index (χ4v) is 2.32. The Balaban J connectivity index is 2.13. The van der Waals surface area contributed by atoms with Crippen molar-refractivity contribution in [2.45, 2.75) is 38.2 Å². The summed E-state index contributed by atoms with van der Waals surface area (Å²) in [4.78, 5) is 0.0580. The molecule has 3 N–H and O–H groups in total. The average molecular weight is 336 g/mol. The van der Waals surface area contributed by atoms with Gasteiger partial charge in [-0.3, -0.25) is 0 Å². The van der Waals surface area contributed by atoms with Gasteiger partial charge in [0.2, 0.25) is 15.9 Å². The van der Waals surface area contributed by atoms with Gasteiger partial charge in [0, 0.05) is 11.3 Å². The molecule has 0 spiro atoms. The smallest absolute Gasteiger partial charge is 0.238 e. The molecule has 0 fully saturated rings. The zero-order valence-electron chi connectivity index (χ0n) is 13.3. The van der Waals surface area contributed by atoms with E-state index in [0.717, 1.165) is 12.0 Å². The second-order valence-corrected chi connectivity index (χ2v) is 6.81. The van der Waals surface area contributed by atoms with E-state index in [1.807, 2.05) is 26.8 Å². The molecule has 1 aromatic carbocycles. The van der Waals surface area contributed by atoms with Gasteiger partial charge in [0.15, 0.2) is 5.82 Å². The largest absolute Gasteiger partial charge is 0.473 e. The molecule has 1 atom stereocenters. The van der Waals surface area contributed by atoms with E-state index in [-0.39, 0.29) is 11.0 Å². The number of aromatic nitrogens is 2. The van der Waals surface area contributed by atoms with Crippen LogP contribution in [0.25, 0.3) is 0 Å². The highest BCUT2D eigenvalue weighted by molar-refractivity contribution is 7.89. The number of nitrogens with zero attached hydrogens (tertiary/aromatic N) is 2. The third-order valence-corrected chi connectivity index (χ3v) is 4.21. The fourth-order valence-electron chi connectivity index (χ4n) is 1.80. The molecule has 0 saturated heterocycles. The predicted molar refractivity (Wildman–Crippen MR) is 88.2 cm³/mol. The number of sulfonamides is 1. The molecule has 124 valence electrons. The van der Waals surface area contributed by atoms with Gasteiger partial charge in [0.1, 0.15) is 0 Å². The summed E-state index contributed by atoms with van der Waals surface area (Å²) in [6.45, 7) is 5.90. The number of hydrogen-bond donors (Lipinski definition) is 2. The lowest BCUT2D eigenvalue weighted by atomic mass is 10.3. The van der Waals surface area contributed by atoms with Crippen LogP contribution in [-0.2, 0) is 10.0 Å². The van der Waals surface area contributed by atoms with Gasteiger partial charge in [0.25, 0.3) is 0 Å². The molecule has 0 saturated carbocycles. The highest BCUT2D eigenvalue weighted by atomic mass is 32.2. The fraction of sp³-hybridized carbons (Fsp3) is 0.333. The number of nitrogens with two attached hydrogens (primary N) is 1. The summed E-state index contributed by atoms with van der Waals surface area (Å²) in [5.74, 6) is 1.05. The summed E-state index contributed by atoms with van der Waals surface area (Å²) in [6, 6.07) is 7.90. The summed E-state index contributed by atoms with van der Waals surface area (Å²) in [7, 11) is -3.69. The molecule has 0 aliphatic rings. The SMILES string of the molecule is CCC(C)Oc1nnc(Nc2ccc(S(N)(=O)=O)cc2)cc1C. The summed E-state index contributed by atoms with van der Waals surface area (Å²) in [6.07, 6.45) is 0.963. The molecule has 2 aromatic rings. The van der Waals surface area contributed by atoms with E-state index in [1.165, 1.54) is 12.1 Å². The maximum Gasteiger partial charge on any atom is 0.238 e. The van der Waals surface area contributed by atoms with Crippen molar-refractivity contribution >= 4 is 21.5 Å². The number of ether oxygens (including phenoxy) is 1. The summed E-state index contributed by atoms with van der Waals surface area (Å²) in [5.41, 5.74) is 1.55. The quantitative estimate of drug-likeness (QED) is 0.838. The van der Waals surface area contributed by atoms with E-state index in [4.69, 9.17) is 9.88 Å². The van der Waals surface area contributed by atoms with Crippen LogP contribution in [0.3, 0.4) is 0 Å². The van der Waals surface area contributed by atoms with Crippen molar-refractivity contribution < 1.29 is 13.2 Å².